The SMILES string of the molecule is CN=C(NCCc1ccc(OC)cc1)Nc1ccc(OC)c(OC)c1.I. The highest BCUT2D eigenvalue weighted by Gasteiger charge is 2.06. The summed E-state index contributed by atoms with van der Waals surface area (Å²) in [5.74, 6) is 2.92. The molecule has 0 heterocycles. The molecular formula is C19H26IN3O3. The van der Waals surface area contributed by atoms with Crippen LogP contribution in [0.5, 0.6) is 17.2 Å². The molecule has 142 valence electrons. The third kappa shape index (κ3) is 6.29. The fraction of sp³-hybridized carbons (Fsp3) is 0.316. The fourth-order valence-electron chi connectivity index (χ4n) is 2.35. The van der Waals surface area contributed by atoms with Crippen molar-refractivity contribution in [2.75, 3.05) is 40.2 Å². The molecule has 0 fully saturated rings. The summed E-state index contributed by atoms with van der Waals surface area (Å²) in [6, 6.07) is 13.7. The maximum atomic E-state index is 5.31. The molecular weight excluding hydrogens is 445 g/mol. The number of halogens is 1. The zero-order chi connectivity index (χ0) is 18.1. The second-order valence-corrected chi connectivity index (χ2v) is 5.29. The minimum absolute atomic E-state index is 0. The van der Waals surface area contributed by atoms with Gasteiger partial charge in [0.15, 0.2) is 17.5 Å². The first-order chi connectivity index (χ1) is 12.2. The Morgan fingerprint density at radius 3 is 2.19 bits per heavy atom. The van der Waals surface area contributed by atoms with Crippen LogP contribution in [-0.4, -0.2) is 40.9 Å². The van der Waals surface area contributed by atoms with Crippen LogP contribution in [0.4, 0.5) is 5.69 Å². The molecule has 0 aromatic heterocycles. The second kappa shape index (κ2) is 11.5. The highest BCUT2D eigenvalue weighted by Crippen LogP contribution is 2.29. The van der Waals surface area contributed by atoms with Gasteiger partial charge in [-0.05, 0) is 36.2 Å². The van der Waals surface area contributed by atoms with E-state index in [1.807, 2.05) is 30.3 Å². The van der Waals surface area contributed by atoms with Crippen LogP contribution in [0, 0.1) is 0 Å². The first-order valence-corrected chi connectivity index (χ1v) is 8.02. The number of hydrogen-bond donors (Lipinski definition) is 2. The van der Waals surface area contributed by atoms with Gasteiger partial charge in [0.25, 0.3) is 0 Å². The Kier molecular flexibility index (Phi) is 9.64. The number of ether oxygens (including phenoxy) is 3. The molecule has 0 radical (unpaired) electrons. The molecule has 2 aromatic carbocycles. The molecule has 0 amide bonds. The van der Waals surface area contributed by atoms with Crippen LogP contribution in [-0.2, 0) is 6.42 Å². The number of benzene rings is 2. The van der Waals surface area contributed by atoms with Gasteiger partial charge in [-0.1, -0.05) is 12.1 Å². The second-order valence-electron chi connectivity index (χ2n) is 5.29. The van der Waals surface area contributed by atoms with E-state index < -0.39 is 0 Å². The normalized spacial score (nSPS) is 10.5. The molecule has 0 bridgehead atoms. The molecule has 2 aromatic rings. The molecule has 0 saturated heterocycles. The number of aliphatic imine (C=N–C) groups is 1. The predicted octanol–water partition coefficient (Wildman–Crippen LogP) is 3.56. The smallest absolute Gasteiger partial charge is 0.195 e. The summed E-state index contributed by atoms with van der Waals surface area (Å²) in [5, 5.41) is 6.54. The molecule has 0 aliphatic rings. The van der Waals surface area contributed by atoms with E-state index in [1.165, 1.54) is 5.56 Å². The van der Waals surface area contributed by atoms with Gasteiger partial charge in [0, 0.05) is 25.3 Å². The van der Waals surface area contributed by atoms with E-state index in [9.17, 15) is 0 Å². The monoisotopic (exact) mass is 471 g/mol. The molecule has 6 nitrogen and oxygen atoms in total. The van der Waals surface area contributed by atoms with Crippen LogP contribution in [0.25, 0.3) is 0 Å². The molecule has 26 heavy (non-hydrogen) atoms. The highest BCUT2D eigenvalue weighted by atomic mass is 127. The topological polar surface area (TPSA) is 64.1 Å². The maximum Gasteiger partial charge on any atom is 0.195 e. The van der Waals surface area contributed by atoms with Gasteiger partial charge in [-0.3, -0.25) is 4.99 Å². The zero-order valence-electron chi connectivity index (χ0n) is 15.5. The molecule has 0 atom stereocenters. The molecule has 0 aliphatic heterocycles. The van der Waals surface area contributed by atoms with Crippen molar-refractivity contribution in [3.05, 3.63) is 48.0 Å². The van der Waals surface area contributed by atoms with Crippen molar-refractivity contribution in [3.8, 4) is 17.2 Å². The van der Waals surface area contributed by atoms with Gasteiger partial charge >= 0.3 is 0 Å². The summed E-state index contributed by atoms with van der Waals surface area (Å²) in [5.41, 5.74) is 2.10. The van der Waals surface area contributed by atoms with Crippen molar-refractivity contribution >= 4 is 35.6 Å². The Bertz CT molecular complexity index is 706. The van der Waals surface area contributed by atoms with Gasteiger partial charge in [-0.15, -0.1) is 24.0 Å². The van der Waals surface area contributed by atoms with E-state index in [0.29, 0.717) is 17.5 Å². The molecule has 0 spiro atoms. The average Bonchev–Trinajstić information content (AvgIpc) is 2.67. The van der Waals surface area contributed by atoms with Crippen molar-refractivity contribution in [3.63, 3.8) is 0 Å². The van der Waals surface area contributed by atoms with Crippen LogP contribution in [0.2, 0.25) is 0 Å². The average molecular weight is 471 g/mol. The first-order valence-electron chi connectivity index (χ1n) is 8.02. The Hall–Kier alpha value is -2.16. The van der Waals surface area contributed by atoms with Crippen LogP contribution in [0.15, 0.2) is 47.5 Å². The lowest BCUT2D eigenvalue weighted by molar-refractivity contribution is 0.355. The molecule has 2 rings (SSSR count). The maximum absolute atomic E-state index is 5.31. The quantitative estimate of drug-likeness (QED) is 0.368. The largest absolute Gasteiger partial charge is 0.497 e. The number of anilines is 1. The predicted molar refractivity (Wildman–Crippen MR) is 117 cm³/mol. The number of hydrogen-bond acceptors (Lipinski definition) is 4. The summed E-state index contributed by atoms with van der Waals surface area (Å²) in [7, 11) is 6.64. The van der Waals surface area contributed by atoms with Crippen LogP contribution in [0.1, 0.15) is 5.56 Å². The Morgan fingerprint density at radius 1 is 0.923 bits per heavy atom. The zero-order valence-corrected chi connectivity index (χ0v) is 17.9. The number of guanidine groups is 1. The van der Waals surface area contributed by atoms with E-state index in [2.05, 4.69) is 27.8 Å². The standard InChI is InChI=1S/C19H25N3O3.HI/c1-20-19(21-12-11-14-5-8-16(23-2)9-6-14)22-15-7-10-17(24-3)18(13-15)25-4;/h5-10,13H,11-12H2,1-4H3,(H2,20,21,22);1H. The van der Waals surface area contributed by atoms with Crippen molar-refractivity contribution in [2.24, 2.45) is 4.99 Å². The molecule has 0 aliphatic carbocycles. The van der Waals surface area contributed by atoms with Gasteiger partial charge in [0.1, 0.15) is 5.75 Å². The van der Waals surface area contributed by atoms with E-state index in [1.54, 1.807) is 28.4 Å². The third-order valence-corrected chi connectivity index (χ3v) is 3.74. The van der Waals surface area contributed by atoms with E-state index >= 15 is 0 Å². The van der Waals surface area contributed by atoms with Crippen molar-refractivity contribution in [1.29, 1.82) is 0 Å². The van der Waals surface area contributed by atoms with E-state index in [4.69, 9.17) is 14.2 Å². The summed E-state index contributed by atoms with van der Waals surface area (Å²) in [6.07, 6.45) is 0.886. The summed E-state index contributed by atoms with van der Waals surface area (Å²) in [4.78, 5) is 4.24. The van der Waals surface area contributed by atoms with Crippen LogP contribution in [0.3, 0.4) is 0 Å². The van der Waals surface area contributed by atoms with Crippen molar-refractivity contribution in [2.45, 2.75) is 6.42 Å². The molecule has 0 saturated carbocycles. The minimum atomic E-state index is 0. The fourth-order valence-corrected chi connectivity index (χ4v) is 2.35. The minimum Gasteiger partial charge on any atom is -0.497 e. The Balaban J connectivity index is 0.00000338. The first kappa shape index (κ1) is 21.9. The van der Waals surface area contributed by atoms with Crippen molar-refractivity contribution < 1.29 is 14.2 Å². The molecule has 0 unspecified atom stereocenters. The number of nitrogens with one attached hydrogen (secondary N) is 2. The Labute approximate surface area is 172 Å². The van der Waals surface area contributed by atoms with E-state index in [0.717, 1.165) is 24.4 Å². The lowest BCUT2D eigenvalue weighted by Gasteiger charge is -2.14. The van der Waals surface area contributed by atoms with Gasteiger partial charge < -0.3 is 24.8 Å². The van der Waals surface area contributed by atoms with Gasteiger partial charge in [-0.25, -0.2) is 0 Å². The molecule has 7 heteroatoms. The lowest BCUT2D eigenvalue weighted by Crippen LogP contribution is -2.32. The van der Waals surface area contributed by atoms with Gasteiger partial charge in [0.05, 0.1) is 21.3 Å². The van der Waals surface area contributed by atoms with Crippen LogP contribution >= 0.6 is 24.0 Å². The molecule has 2 N–H and O–H groups in total. The van der Waals surface area contributed by atoms with Gasteiger partial charge in [0.2, 0.25) is 0 Å². The van der Waals surface area contributed by atoms with E-state index in [-0.39, 0.29) is 24.0 Å². The van der Waals surface area contributed by atoms with Crippen LogP contribution < -0.4 is 24.8 Å². The summed E-state index contributed by atoms with van der Waals surface area (Å²) >= 11 is 0. The summed E-state index contributed by atoms with van der Waals surface area (Å²) in [6.45, 7) is 0.763. The number of methoxy groups -OCH3 is 3. The van der Waals surface area contributed by atoms with Crippen molar-refractivity contribution in [1.82, 2.24) is 5.32 Å². The van der Waals surface area contributed by atoms with Gasteiger partial charge in [-0.2, -0.15) is 0 Å². The third-order valence-electron chi connectivity index (χ3n) is 3.74. The number of rotatable bonds is 7. The lowest BCUT2D eigenvalue weighted by atomic mass is 10.1. The highest BCUT2D eigenvalue weighted by molar-refractivity contribution is 14.0. The summed E-state index contributed by atoms with van der Waals surface area (Å²) < 4.78 is 15.7. The Morgan fingerprint density at radius 2 is 1.62 bits per heavy atom. The number of nitrogens with zero attached hydrogens (tertiary/aromatic N) is 1.